The molecule has 3 heterocycles. The molecule has 36 heavy (non-hydrogen) atoms. The second-order valence-electron chi connectivity index (χ2n) is 8.73. The van der Waals surface area contributed by atoms with E-state index in [-0.39, 0.29) is 18.7 Å². The number of thiazole rings is 1. The number of aryl methyl sites for hydroxylation is 1. The van der Waals surface area contributed by atoms with E-state index in [9.17, 15) is 14.4 Å². The summed E-state index contributed by atoms with van der Waals surface area (Å²) in [6.45, 7) is 3.57. The Labute approximate surface area is 210 Å². The van der Waals surface area contributed by atoms with Gasteiger partial charge in [0.15, 0.2) is 16.8 Å². The van der Waals surface area contributed by atoms with E-state index in [2.05, 4.69) is 16.8 Å². The van der Waals surface area contributed by atoms with E-state index in [1.807, 2.05) is 13.0 Å². The number of carbonyl (C=O) groups is 3. The highest BCUT2D eigenvalue weighted by atomic mass is 32.1. The first-order chi connectivity index (χ1) is 17.2. The number of hydrogen-bond acceptors (Lipinski definition) is 5. The monoisotopic (exact) mass is 506 g/mol. The van der Waals surface area contributed by atoms with Crippen molar-refractivity contribution < 1.29 is 23.2 Å². The second-order valence-corrected chi connectivity index (χ2v) is 9.94. The molecule has 0 aliphatic carbocycles. The summed E-state index contributed by atoms with van der Waals surface area (Å²) in [5.41, 5.74) is -1.54. The van der Waals surface area contributed by atoms with Crippen molar-refractivity contribution in [1.82, 2.24) is 9.88 Å². The molecule has 2 saturated heterocycles. The van der Waals surface area contributed by atoms with Gasteiger partial charge in [-0.15, -0.1) is 11.3 Å². The van der Waals surface area contributed by atoms with Crippen LogP contribution in [0.4, 0.5) is 24.4 Å². The summed E-state index contributed by atoms with van der Waals surface area (Å²) in [4.78, 5) is 48.1. The van der Waals surface area contributed by atoms with Gasteiger partial charge in [-0.1, -0.05) is 30.0 Å². The molecule has 2 aromatic carbocycles. The van der Waals surface area contributed by atoms with Gasteiger partial charge in [0.25, 0.3) is 5.91 Å². The summed E-state index contributed by atoms with van der Waals surface area (Å²) in [5.74, 6) is 1.98. The molecule has 7 nitrogen and oxygen atoms in total. The first-order valence-corrected chi connectivity index (χ1v) is 12.0. The Morgan fingerprint density at radius 1 is 1.00 bits per heavy atom. The highest BCUT2D eigenvalue weighted by Crippen LogP contribution is 2.38. The number of rotatable bonds is 2. The molecule has 4 amide bonds. The Kier molecular flexibility index (Phi) is 5.80. The fourth-order valence-electron chi connectivity index (χ4n) is 4.42. The number of anilines is 2. The van der Waals surface area contributed by atoms with Crippen LogP contribution in [0.3, 0.4) is 0 Å². The fraction of sp³-hybridized carbons (Fsp3) is 0.231. The molecule has 0 N–H and O–H groups in total. The molecule has 182 valence electrons. The normalized spacial score (nSPS) is 19.8. The van der Waals surface area contributed by atoms with Gasteiger partial charge in [0.1, 0.15) is 11.2 Å². The van der Waals surface area contributed by atoms with Gasteiger partial charge in [-0.2, -0.15) is 0 Å². The summed E-state index contributed by atoms with van der Waals surface area (Å²) in [6.07, 6.45) is 1.22. The Balaban J connectivity index is 1.44. The number of halogens is 2. The Bertz CT molecular complexity index is 1440. The molecule has 0 bridgehead atoms. The van der Waals surface area contributed by atoms with Crippen molar-refractivity contribution in [2.75, 3.05) is 22.9 Å². The number of carbonyl (C=O) groups excluding carboxylic acids is 3. The maximum atomic E-state index is 15.1. The van der Waals surface area contributed by atoms with Gasteiger partial charge in [0.05, 0.1) is 6.42 Å². The Morgan fingerprint density at radius 2 is 1.67 bits per heavy atom. The minimum Gasteiger partial charge on any atom is -0.307 e. The first kappa shape index (κ1) is 23.6. The number of urea groups is 1. The third-order valence-corrected chi connectivity index (χ3v) is 7.16. The van der Waals surface area contributed by atoms with Crippen LogP contribution < -0.4 is 9.80 Å². The molecule has 3 aromatic rings. The highest BCUT2D eigenvalue weighted by Gasteiger charge is 2.56. The van der Waals surface area contributed by atoms with E-state index >= 15 is 8.78 Å². The number of aromatic nitrogens is 1. The molecule has 0 spiro atoms. The van der Waals surface area contributed by atoms with E-state index in [4.69, 9.17) is 0 Å². The van der Waals surface area contributed by atoms with E-state index in [0.29, 0.717) is 15.6 Å². The van der Waals surface area contributed by atoms with Crippen LogP contribution in [-0.4, -0.2) is 46.4 Å². The summed E-state index contributed by atoms with van der Waals surface area (Å²) in [5, 5.41) is 0.477. The first-order valence-electron chi connectivity index (χ1n) is 11.1. The summed E-state index contributed by atoms with van der Waals surface area (Å²) in [6, 6.07) is 9.94. The molecule has 2 aliphatic heterocycles. The highest BCUT2D eigenvalue weighted by molar-refractivity contribution is 7.15. The summed E-state index contributed by atoms with van der Waals surface area (Å²) >= 11 is 1.33. The smallest absolute Gasteiger partial charge is 0.307 e. The van der Waals surface area contributed by atoms with Crippen molar-refractivity contribution in [3.05, 3.63) is 76.3 Å². The third-order valence-electron chi connectivity index (χ3n) is 6.22. The number of amides is 4. The average Bonchev–Trinajstić information content (AvgIpc) is 3.27. The van der Waals surface area contributed by atoms with Gasteiger partial charge in [-0.25, -0.2) is 23.5 Å². The lowest BCUT2D eigenvalue weighted by molar-refractivity contribution is -0.137. The number of piperazine rings is 1. The second kappa shape index (κ2) is 8.84. The molecule has 1 unspecified atom stereocenters. The molecule has 2 fully saturated rings. The molecule has 10 heteroatoms. The van der Waals surface area contributed by atoms with Crippen molar-refractivity contribution in [2.24, 2.45) is 0 Å². The van der Waals surface area contributed by atoms with E-state index in [1.54, 1.807) is 30.5 Å². The van der Waals surface area contributed by atoms with Crippen LogP contribution >= 0.6 is 11.3 Å². The van der Waals surface area contributed by atoms with Gasteiger partial charge in [-0.3, -0.25) is 14.5 Å². The molecular weight excluding hydrogens is 486 g/mol. The Hall–Kier alpha value is -4.10. The zero-order chi connectivity index (χ0) is 25.6. The lowest BCUT2D eigenvalue weighted by Gasteiger charge is -2.50. The molecular formula is C26H20F2N4O3S. The minimum absolute atomic E-state index is 0.0573. The predicted octanol–water partition coefficient (Wildman–Crippen LogP) is 4.09. The SMILES string of the molecule is Cc1cnc(N2CCN3C(=O)N(c4c(F)cc(C#Cc5ccccc5)cc4F)C(=O)CC3(C)C2=O)s1. The molecule has 1 atom stereocenters. The van der Waals surface area contributed by atoms with E-state index in [0.717, 1.165) is 17.0 Å². The fourth-order valence-corrected chi connectivity index (χ4v) is 5.20. The molecule has 0 radical (unpaired) electrons. The lowest BCUT2D eigenvalue weighted by atomic mass is 9.88. The van der Waals surface area contributed by atoms with Crippen LogP contribution in [0.5, 0.6) is 0 Å². The Morgan fingerprint density at radius 3 is 2.31 bits per heavy atom. The number of benzene rings is 2. The number of fused-ring (bicyclic) bond motifs is 1. The minimum atomic E-state index is -1.49. The van der Waals surface area contributed by atoms with Crippen molar-refractivity contribution in [3.8, 4) is 11.8 Å². The van der Waals surface area contributed by atoms with E-state index < -0.39 is 47.1 Å². The lowest BCUT2D eigenvalue weighted by Crippen LogP contribution is -2.72. The quantitative estimate of drug-likeness (QED) is 0.491. The maximum absolute atomic E-state index is 15.1. The van der Waals surface area contributed by atoms with Gasteiger partial charge in [0.2, 0.25) is 5.91 Å². The van der Waals surface area contributed by atoms with Gasteiger partial charge in [0, 0.05) is 35.3 Å². The van der Waals surface area contributed by atoms with Gasteiger partial charge >= 0.3 is 6.03 Å². The van der Waals surface area contributed by atoms with Gasteiger partial charge < -0.3 is 4.90 Å². The van der Waals surface area contributed by atoms with Crippen molar-refractivity contribution in [3.63, 3.8) is 0 Å². The number of nitrogens with zero attached hydrogens (tertiary/aromatic N) is 4. The molecule has 1 aromatic heterocycles. The van der Waals surface area contributed by atoms with Crippen LogP contribution in [0, 0.1) is 30.4 Å². The van der Waals surface area contributed by atoms with Crippen LogP contribution in [0.1, 0.15) is 29.3 Å². The predicted molar refractivity (Wildman–Crippen MR) is 131 cm³/mol. The van der Waals surface area contributed by atoms with Crippen molar-refractivity contribution in [2.45, 2.75) is 25.8 Å². The maximum Gasteiger partial charge on any atom is 0.332 e. The number of imide groups is 1. The van der Waals surface area contributed by atoms with Crippen LogP contribution in [0.25, 0.3) is 0 Å². The molecule has 0 saturated carbocycles. The zero-order valence-corrected chi connectivity index (χ0v) is 20.2. The average molecular weight is 507 g/mol. The van der Waals surface area contributed by atoms with Crippen LogP contribution in [0.2, 0.25) is 0 Å². The summed E-state index contributed by atoms with van der Waals surface area (Å²) in [7, 11) is 0. The van der Waals surface area contributed by atoms with Crippen molar-refractivity contribution >= 4 is 40.0 Å². The van der Waals surface area contributed by atoms with E-state index in [1.165, 1.54) is 28.1 Å². The molecule has 5 rings (SSSR count). The van der Waals surface area contributed by atoms with Crippen LogP contribution in [-0.2, 0) is 9.59 Å². The van der Waals surface area contributed by atoms with Crippen molar-refractivity contribution in [1.29, 1.82) is 0 Å². The largest absolute Gasteiger partial charge is 0.332 e. The number of hydrogen-bond donors (Lipinski definition) is 0. The van der Waals surface area contributed by atoms with Gasteiger partial charge in [-0.05, 0) is 38.1 Å². The topological polar surface area (TPSA) is 73.8 Å². The third kappa shape index (κ3) is 3.91. The standard InChI is InChI=1S/C26H20F2N4O3S/c1-16-15-29-24(36-16)30-10-11-31-25(35)32(21(33)14-26(31,2)23(30)34)22-19(27)12-18(13-20(22)28)9-8-17-6-4-3-5-7-17/h3-7,12-13,15H,10-11,14H2,1-2H3. The molecule has 2 aliphatic rings. The summed E-state index contributed by atoms with van der Waals surface area (Å²) < 4.78 is 30.2. The zero-order valence-electron chi connectivity index (χ0n) is 19.4. The van der Waals surface area contributed by atoms with Crippen LogP contribution in [0.15, 0.2) is 48.7 Å².